The van der Waals surface area contributed by atoms with Gasteiger partial charge >= 0.3 is 6.18 Å². The number of anilines is 3. The second-order valence-corrected chi connectivity index (χ2v) is 13.4. The van der Waals surface area contributed by atoms with Crippen LogP contribution in [0.4, 0.5) is 30.2 Å². The van der Waals surface area contributed by atoms with Gasteiger partial charge in [0.15, 0.2) is 5.75 Å². The molecule has 1 aliphatic heterocycles. The van der Waals surface area contributed by atoms with Crippen LogP contribution in [0.5, 0.6) is 5.75 Å². The molecule has 4 aromatic carbocycles. The van der Waals surface area contributed by atoms with E-state index in [-0.39, 0.29) is 35.4 Å². The number of nitrogens with zero attached hydrogens (tertiary/aromatic N) is 3. The van der Waals surface area contributed by atoms with E-state index in [1.807, 2.05) is 39.2 Å². The number of rotatable bonds is 11. The minimum absolute atomic E-state index is 0.157. The Morgan fingerprint density at radius 2 is 1.59 bits per heavy atom. The Balaban J connectivity index is 1.37. The van der Waals surface area contributed by atoms with Crippen LogP contribution in [-0.2, 0) is 17.5 Å². The normalized spacial score (nSPS) is 17.5. The third-order valence-electron chi connectivity index (χ3n) is 9.49. The summed E-state index contributed by atoms with van der Waals surface area (Å²) >= 11 is 0. The lowest BCUT2D eigenvalue weighted by Gasteiger charge is -2.38. The van der Waals surface area contributed by atoms with Crippen LogP contribution in [0, 0.1) is 5.92 Å². The lowest BCUT2D eigenvalue weighted by Crippen LogP contribution is -2.49. The number of halogens is 3. The third-order valence-corrected chi connectivity index (χ3v) is 9.49. The van der Waals surface area contributed by atoms with Crippen molar-refractivity contribution < 1.29 is 32.6 Å². The predicted molar refractivity (Wildman–Crippen MR) is 193 cm³/mol. The number of aliphatic hydroxyl groups excluding tert-OH is 1. The van der Waals surface area contributed by atoms with Gasteiger partial charge in [0, 0.05) is 44.0 Å². The molecule has 2 N–H and O–H groups in total. The summed E-state index contributed by atoms with van der Waals surface area (Å²) < 4.78 is 46.0. The first-order valence-corrected chi connectivity index (χ1v) is 17.0. The van der Waals surface area contributed by atoms with Gasteiger partial charge in [0.05, 0.1) is 35.4 Å². The highest BCUT2D eigenvalue weighted by Crippen LogP contribution is 2.36. The van der Waals surface area contributed by atoms with E-state index in [4.69, 9.17) is 4.74 Å². The number of carbonyl (C=O) groups excluding carboxylic acids is 2. The molecule has 5 rings (SSSR count). The van der Waals surface area contributed by atoms with Gasteiger partial charge in [0.25, 0.3) is 5.91 Å². The summed E-state index contributed by atoms with van der Waals surface area (Å²) in [6.07, 6.45) is -4.90. The summed E-state index contributed by atoms with van der Waals surface area (Å²) in [5.41, 5.74) is 3.39. The number of benzene rings is 4. The van der Waals surface area contributed by atoms with Gasteiger partial charge in [0.2, 0.25) is 5.91 Å². The first-order valence-electron chi connectivity index (χ1n) is 17.0. The van der Waals surface area contributed by atoms with Crippen LogP contribution in [0.1, 0.15) is 53.7 Å². The second kappa shape index (κ2) is 16.0. The number of nitrogens with one attached hydrogen (secondary N) is 1. The topological polar surface area (TPSA) is 85.3 Å². The molecule has 0 radical (unpaired) electrons. The number of likely N-dealkylation sites (N-methyl/N-ethyl adjacent to an activating group) is 1. The maximum absolute atomic E-state index is 13.9. The number of fused-ring (bicyclic) bond motifs is 1. The molecule has 270 valence electrons. The summed E-state index contributed by atoms with van der Waals surface area (Å²) in [4.78, 5) is 33.3. The molecule has 0 bridgehead atoms. The van der Waals surface area contributed by atoms with Gasteiger partial charge in [-0.1, -0.05) is 55.5 Å². The third kappa shape index (κ3) is 8.90. The van der Waals surface area contributed by atoms with Gasteiger partial charge in [-0.05, 0) is 80.6 Å². The van der Waals surface area contributed by atoms with Crippen molar-refractivity contribution in [3.8, 4) is 5.75 Å². The van der Waals surface area contributed by atoms with Crippen LogP contribution in [-0.4, -0.2) is 72.7 Å². The molecule has 4 aromatic rings. The summed E-state index contributed by atoms with van der Waals surface area (Å²) in [5.74, 6) is -1.54. The van der Waals surface area contributed by atoms with E-state index in [2.05, 4.69) is 51.5 Å². The molecule has 51 heavy (non-hydrogen) atoms. The van der Waals surface area contributed by atoms with E-state index in [1.54, 1.807) is 36.9 Å². The fourth-order valence-electron chi connectivity index (χ4n) is 6.22. The van der Waals surface area contributed by atoms with Crippen LogP contribution in [0.3, 0.4) is 0 Å². The Morgan fingerprint density at radius 3 is 2.22 bits per heavy atom. The van der Waals surface area contributed by atoms with Crippen molar-refractivity contribution in [2.45, 2.75) is 51.6 Å². The largest absolute Gasteiger partial charge is 0.486 e. The van der Waals surface area contributed by atoms with Gasteiger partial charge in [-0.2, -0.15) is 13.2 Å². The lowest BCUT2D eigenvalue weighted by molar-refractivity contribution is -0.137. The number of aliphatic hydroxyl groups is 1. The molecular formula is C40H45F3N4O4. The SMILES string of the molecule is CC(C(=O)Nc1cccc2c1O[C@H](CN(C)Cc1ccc(N(C)c3ccccc3)cc1)[C@H](C)CN(C(C)CO)C2=O)c1ccc(C(F)(F)F)cc1. The molecule has 1 aliphatic rings. The first kappa shape index (κ1) is 37.4. The van der Waals surface area contributed by atoms with Crippen molar-refractivity contribution in [3.63, 3.8) is 0 Å². The van der Waals surface area contributed by atoms with E-state index in [0.717, 1.165) is 29.1 Å². The van der Waals surface area contributed by atoms with E-state index >= 15 is 0 Å². The van der Waals surface area contributed by atoms with Crippen molar-refractivity contribution in [2.75, 3.05) is 44.0 Å². The van der Waals surface area contributed by atoms with Gasteiger partial charge < -0.3 is 25.0 Å². The van der Waals surface area contributed by atoms with E-state index in [0.29, 0.717) is 25.2 Å². The minimum Gasteiger partial charge on any atom is -0.486 e. The Bertz CT molecular complexity index is 1780. The van der Waals surface area contributed by atoms with E-state index in [9.17, 15) is 27.9 Å². The van der Waals surface area contributed by atoms with Crippen molar-refractivity contribution in [1.29, 1.82) is 0 Å². The predicted octanol–water partition coefficient (Wildman–Crippen LogP) is 7.57. The maximum Gasteiger partial charge on any atom is 0.416 e. The molecule has 2 unspecified atom stereocenters. The second-order valence-electron chi connectivity index (χ2n) is 13.4. The average Bonchev–Trinajstić information content (AvgIpc) is 3.12. The van der Waals surface area contributed by atoms with Crippen LogP contribution in [0.2, 0.25) is 0 Å². The monoisotopic (exact) mass is 702 g/mol. The number of hydrogen-bond donors (Lipinski definition) is 2. The first-order chi connectivity index (χ1) is 24.3. The average molecular weight is 703 g/mol. The Labute approximate surface area is 297 Å². The van der Waals surface area contributed by atoms with Gasteiger partial charge in [-0.15, -0.1) is 0 Å². The van der Waals surface area contributed by atoms with Crippen LogP contribution in [0.25, 0.3) is 0 Å². The molecule has 0 aromatic heterocycles. The molecule has 2 amide bonds. The summed E-state index contributed by atoms with van der Waals surface area (Å²) in [7, 11) is 4.03. The number of hydrogen-bond acceptors (Lipinski definition) is 6. The van der Waals surface area contributed by atoms with Crippen molar-refractivity contribution >= 4 is 28.9 Å². The summed E-state index contributed by atoms with van der Waals surface area (Å²) in [5, 5.41) is 12.9. The van der Waals surface area contributed by atoms with Crippen LogP contribution >= 0.6 is 0 Å². The molecule has 8 nitrogen and oxygen atoms in total. The number of amides is 2. The highest BCUT2D eigenvalue weighted by molar-refractivity contribution is 6.02. The number of carbonyl (C=O) groups is 2. The highest BCUT2D eigenvalue weighted by Gasteiger charge is 2.35. The molecule has 0 saturated carbocycles. The van der Waals surface area contributed by atoms with Gasteiger partial charge in [-0.25, -0.2) is 0 Å². The molecule has 1 heterocycles. The number of alkyl halides is 3. The van der Waals surface area contributed by atoms with Crippen molar-refractivity contribution in [3.05, 3.63) is 119 Å². The zero-order valence-electron chi connectivity index (χ0n) is 29.5. The lowest BCUT2D eigenvalue weighted by atomic mass is 9.97. The summed E-state index contributed by atoms with van der Waals surface area (Å²) in [6.45, 7) is 6.63. The summed E-state index contributed by atoms with van der Waals surface area (Å²) in [6, 6.07) is 27.4. The number of para-hydroxylation sites is 2. The van der Waals surface area contributed by atoms with Gasteiger partial charge in [0.1, 0.15) is 6.10 Å². The fourth-order valence-corrected chi connectivity index (χ4v) is 6.22. The zero-order chi connectivity index (χ0) is 36.9. The number of ether oxygens (including phenoxy) is 1. The van der Waals surface area contributed by atoms with Crippen molar-refractivity contribution in [1.82, 2.24) is 9.80 Å². The highest BCUT2D eigenvalue weighted by atomic mass is 19.4. The maximum atomic E-state index is 13.9. The van der Waals surface area contributed by atoms with E-state index < -0.39 is 35.7 Å². The zero-order valence-corrected chi connectivity index (χ0v) is 29.5. The molecule has 0 fully saturated rings. The van der Waals surface area contributed by atoms with Crippen LogP contribution in [0.15, 0.2) is 97.1 Å². The molecule has 11 heteroatoms. The van der Waals surface area contributed by atoms with Crippen LogP contribution < -0.4 is 15.0 Å². The Kier molecular flexibility index (Phi) is 11.7. The van der Waals surface area contributed by atoms with E-state index in [1.165, 1.54) is 12.1 Å². The molecular weight excluding hydrogens is 657 g/mol. The molecule has 0 saturated heterocycles. The van der Waals surface area contributed by atoms with Gasteiger partial charge in [-0.3, -0.25) is 14.5 Å². The smallest absolute Gasteiger partial charge is 0.416 e. The standard InChI is InChI=1S/C40H45F3N4O4/c1-26-22-47(27(2)25-48)39(50)34-12-9-13-35(44-38(49)28(3)30-16-18-31(19-17-30)40(41,42)43)37(34)51-36(26)24-45(4)23-29-14-20-33(21-15-29)46(5)32-10-7-6-8-11-32/h6-21,26-28,36,48H,22-25H2,1-5H3,(H,44,49)/t26-,27?,28?,36-/m1/s1. The van der Waals surface area contributed by atoms with Crippen molar-refractivity contribution in [2.24, 2.45) is 5.92 Å². The molecule has 0 aliphatic carbocycles. The molecule has 0 spiro atoms. The Hall–Kier alpha value is -4.87. The fraction of sp³-hybridized carbons (Fsp3) is 0.350. The quantitative estimate of drug-likeness (QED) is 0.168. The molecule has 4 atom stereocenters. The minimum atomic E-state index is -4.48. The Morgan fingerprint density at radius 1 is 0.941 bits per heavy atom.